The van der Waals surface area contributed by atoms with E-state index in [1.54, 1.807) is 0 Å². The Morgan fingerprint density at radius 3 is 2.00 bits per heavy atom. The van der Waals surface area contributed by atoms with Crippen LogP contribution in [0.4, 0.5) is 0 Å². The molecule has 0 atom stereocenters. The molecule has 0 unspecified atom stereocenters. The molecule has 0 aliphatic heterocycles. The highest BCUT2D eigenvalue weighted by atomic mass is 16.7. The van der Waals surface area contributed by atoms with Crippen LogP contribution in [-0.2, 0) is 0 Å². The van der Waals surface area contributed by atoms with E-state index in [4.69, 9.17) is 0 Å². The van der Waals surface area contributed by atoms with Crippen LogP contribution >= 0.6 is 0 Å². The lowest BCUT2D eigenvalue weighted by Gasteiger charge is -2.42. The quantitative estimate of drug-likeness (QED) is 0.421. The average Bonchev–Trinajstić information content (AvgIpc) is 2.15. The molecule has 0 radical (unpaired) electrons. The van der Waals surface area contributed by atoms with Gasteiger partial charge in [-0.15, -0.1) is 0 Å². The molecule has 2 fully saturated rings. The summed E-state index contributed by atoms with van der Waals surface area (Å²) in [5.41, 5.74) is -0.659. The predicted octanol–water partition coefficient (Wildman–Crippen LogP) is 2.23. The molecule has 0 spiro atoms. The summed E-state index contributed by atoms with van der Waals surface area (Å²) in [7, 11) is 0. The maximum absolute atomic E-state index is 10.9. The molecule has 2 bridgehead atoms. The largest absolute Gasteiger partial charge is 0.456 e. The number of nitrogens with zero attached hydrogens (tertiary/aromatic N) is 2. The molecule has 6 nitrogen and oxygen atoms in total. The van der Waals surface area contributed by atoms with Gasteiger partial charge in [-0.3, -0.25) is 20.2 Å². The molecular formula is C10H16N2O4. The Morgan fingerprint density at radius 1 is 1.06 bits per heavy atom. The smallest absolute Gasteiger partial charge is 0.259 e. The van der Waals surface area contributed by atoms with Gasteiger partial charge in [0.1, 0.15) is 5.41 Å². The highest BCUT2D eigenvalue weighted by Crippen LogP contribution is 2.51. The van der Waals surface area contributed by atoms with Crippen molar-refractivity contribution in [3.8, 4) is 0 Å². The molecule has 2 aliphatic rings. The van der Waals surface area contributed by atoms with Crippen LogP contribution in [0.15, 0.2) is 0 Å². The van der Waals surface area contributed by atoms with Gasteiger partial charge >= 0.3 is 6.17 Å². The van der Waals surface area contributed by atoms with E-state index >= 15 is 0 Å². The Balaban J connectivity index is 2.27. The Hall–Kier alpha value is -1.20. The zero-order valence-electron chi connectivity index (χ0n) is 9.13. The summed E-state index contributed by atoms with van der Waals surface area (Å²) in [6.45, 7) is 0. The van der Waals surface area contributed by atoms with Gasteiger partial charge in [0.2, 0.25) is 0 Å². The normalized spacial score (nSPS) is 33.7. The van der Waals surface area contributed by atoms with Crippen molar-refractivity contribution in [3.05, 3.63) is 20.2 Å². The summed E-state index contributed by atoms with van der Waals surface area (Å²) < 4.78 is 0. The van der Waals surface area contributed by atoms with E-state index in [1.165, 1.54) is 0 Å². The molecule has 0 aromatic carbocycles. The van der Waals surface area contributed by atoms with E-state index in [0.29, 0.717) is 25.2 Å². The van der Waals surface area contributed by atoms with Crippen molar-refractivity contribution in [2.45, 2.75) is 51.1 Å². The zero-order chi connectivity index (χ0) is 11.8. The summed E-state index contributed by atoms with van der Waals surface area (Å²) in [5, 5.41) is 21.8. The fourth-order valence-corrected chi connectivity index (χ4v) is 3.63. The predicted molar refractivity (Wildman–Crippen MR) is 56.0 cm³/mol. The first-order valence-electron chi connectivity index (χ1n) is 5.82. The van der Waals surface area contributed by atoms with Crippen LogP contribution in [0.3, 0.4) is 0 Å². The number of nitro groups is 2. The van der Waals surface area contributed by atoms with E-state index in [2.05, 4.69) is 0 Å². The van der Waals surface area contributed by atoms with Gasteiger partial charge in [-0.2, -0.15) is 0 Å². The highest BCUT2D eigenvalue weighted by molar-refractivity contribution is 4.92. The Morgan fingerprint density at radius 2 is 1.56 bits per heavy atom. The maximum atomic E-state index is 10.9. The second-order valence-corrected chi connectivity index (χ2v) is 5.16. The lowest BCUT2D eigenvalue weighted by atomic mass is 9.60. The lowest BCUT2D eigenvalue weighted by molar-refractivity contribution is -0.762. The van der Waals surface area contributed by atoms with E-state index in [0.717, 1.165) is 25.7 Å². The molecule has 0 N–H and O–H groups in total. The molecule has 2 saturated carbocycles. The summed E-state index contributed by atoms with van der Waals surface area (Å²) in [6.07, 6.45) is 4.38. The molecule has 0 aromatic rings. The Labute approximate surface area is 93.3 Å². The third-order valence-corrected chi connectivity index (χ3v) is 4.22. The van der Waals surface area contributed by atoms with Gasteiger partial charge < -0.3 is 0 Å². The summed E-state index contributed by atoms with van der Waals surface area (Å²) in [5.74, 6) is 0.477. The first-order valence-corrected chi connectivity index (χ1v) is 5.82. The Bertz CT molecular complexity index is 294. The summed E-state index contributed by atoms with van der Waals surface area (Å²) in [6, 6.07) is 0. The van der Waals surface area contributed by atoms with Crippen molar-refractivity contribution >= 4 is 0 Å². The third kappa shape index (κ3) is 1.76. The molecule has 6 heteroatoms. The van der Waals surface area contributed by atoms with Crippen molar-refractivity contribution < 1.29 is 9.85 Å². The monoisotopic (exact) mass is 228 g/mol. The second-order valence-electron chi connectivity index (χ2n) is 5.16. The molecule has 16 heavy (non-hydrogen) atoms. The molecule has 90 valence electrons. The zero-order valence-corrected chi connectivity index (χ0v) is 9.13. The van der Waals surface area contributed by atoms with E-state index < -0.39 is 21.4 Å². The first-order chi connectivity index (χ1) is 7.55. The van der Waals surface area contributed by atoms with E-state index in [1.807, 2.05) is 0 Å². The summed E-state index contributed by atoms with van der Waals surface area (Å²) >= 11 is 0. The molecular weight excluding hydrogens is 212 g/mol. The molecule has 0 heterocycles. The SMILES string of the molecule is O=[N+]([O-])C([N+](=O)[O-])C12CCCC(CCC1)C2. The number of hydrogen-bond acceptors (Lipinski definition) is 4. The summed E-state index contributed by atoms with van der Waals surface area (Å²) in [4.78, 5) is 20.4. The van der Waals surface area contributed by atoms with Gasteiger partial charge in [0.15, 0.2) is 0 Å². The molecule has 0 saturated heterocycles. The molecule has 2 rings (SSSR count). The van der Waals surface area contributed by atoms with Gasteiger partial charge in [0.25, 0.3) is 0 Å². The third-order valence-electron chi connectivity index (χ3n) is 4.22. The van der Waals surface area contributed by atoms with E-state index in [9.17, 15) is 20.2 Å². The lowest BCUT2D eigenvalue weighted by Crippen LogP contribution is -2.50. The van der Waals surface area contributed by atoms with Crippen molar-refractivity contribution in [1.82, 2.24) is 0 Å². The van der Waals surface area contributed by atoms with Crippen LogP contribution in [0.1, 0.15) is 44.9 Å². The van der Waals surface area contributed by atoms with Crippen LogP contribution in [0.25, 0.3) is 0 Å². The first kappa shape index (κ1) is 11.3. The van der Waals surface area contributed by atoms with Crippen molar-refractivity contribution in [3.63, 3.8) is 0 Å². The van der Waals surface area contributed by atoms with Gasteiger partial charge in [-0.1, -0.05) is 25.7 Å². The maximum Gasteiger partial charge on any atom is 0.456 e. The van der Waals surface area contributed by atoms with Crippen molar-refractivity contribution in [1.29, 1.82) is 0 Å². The van der Waals surface area contributed by atoms with Crippen LogP contribution in [0.5, 0.6) is 0 Å². The van der Waals surface area contributed by atoms with E-state index in [-0.39, 0.29) is 0 Å². The van der Waals surface area contributed by atoms with Gasteiger partial charge in [-0.25, -0.2) is 0 Å². The van der Waals surface area contributed by atoms with Crippen LogP contribution in [0, 0.1) is 31.6 Å². The van der Waals surface area contributed by atoms with Crippen LogP contribution in [-0.4, -0.2) is 16.0 Å². The Kier molecular flexibility index (Phi) is 2.82. The van der Waals surface area contributed by atoms with Gasteiger partial charge in [-0.05, 0) is 25.2 Å². The number of rotatable bonds is 3. The topological polar surface area (TPSA) is 86.3 Å². The highest BCUT2D eigenvalue weighted by Gasteiger charge is 2.58. The minimum atomic E-state index is -1.59. The van der Waals surface area contributed by atoms with Crippen molar-refractivity contribution in [2.75, 3.05) is 0 Å². The minimum absolute atomic E-state index is 0.477. The average molecular weight is 228 g/mol. The molecule has 2 aliphatic carbocycles. The van der Waals surface area contributed by atoms with Crippen LogP contribution in [0.2, 0.25) is 0 Å². The van der Waals surface area contributed by atoms with Gasteiger partial charge in [0, 0.05) is 0 Å². The standard InChI is InChI=1S/C10H16N2O4/c13-11(14)9(12(15)16)10-5-1-3-8(7-10)4-2-6-10/h8-9H,1-7H2. The fraction of sp³-hybridized carbons (Fsp3) is 1.00. The minimum Gasteiger partial charge on any atom is -0.259 e. The van der Waals surface area contributed by atoms with Crippen LogP contribution < -0.4 is 0 Å². The number of hydrogen-bond donors (Lipinski definition) is 0. The van der Waals surface area contributed by atoms with Crippen molar-refractivity contribution in [2.24, 2.45) is 11.3 Å². The van der Waals surface area contributed by atoms with Gasteiger partial charge in [0.05, 0.1) is 9.85 Å². The fourth-order valence-electron chi connectivity index (χ4n) is 3.63. The number of fused-ring (bicyclic) bond motifs is 2. The second kappa shape index (κ2) is 3.99. The molecule has 0 aromatic heterocycles. The molecule has 0 amide bonds.